The van der Waals surface area contributed by atoms with Gasteiger partial charge in [-0.2, -0.15) is 0 Å². The van der Waals surface area contributed by atoms with Crippen molar-refractivity contribution in [1.29, 1.82) is 5.41 Å². The number of nitrogens with one attached hydrogen (secondary N) is 2. The Labute approximate surface area is 89.6 Å². The molecule has 1 unspecified atom stereocenters. The minimum Gasteiger partial charge on any atom is -0.386 e. The summed E-state index contributed by atoms with van der Waals surface area (Å²) in [7, 11) is 0. The highest BCUT2D eigenvalue weighted by atomic mass is 35.5. The summed E-state index contributed by atoms with van der Waals surface area (Å²) in [4.78, 5) is 0. The molecule has 14 heavy (non-hydrogen) atoms. The van der Waals surface area contributed by atoms with Crippen molar-refractivity contribution in [3.05, 3.63) is 29.8 Å². The Hall–Kier alpha value is -1.22. The monoisotopic (exact) mass is 211 g/mol. The molecule has 1 aromatic carbocycles. The fraction of sp³-hybridized carbons (Fsp3) is 0.300. The van der Waals surface area contributed by atoms with E-state index in [9.17, 15) is 0 Å². The van der Waals surface area contributed by atoms with Crippen LogP contribution < -0.4 is 11.1 Å². The fourth-order valence-corrected chi connectivity index (χ4v) is 1.67. The second-order valence-corrected chi connectivity index (χ2v) is 3.35. The zero-order chi connectivity index (χ0) is 9.26. The summed E-state index contributed by atoms with van der Waals surface area (Å²) in [6.45, 7) is 0. The van der Waals surface area contributed by atoms with E-state index in [0.717, 1.165) is 18.5 Å². The van der Waals surface area contributed by atoms with Gasteiger partial charge in [0.15, 0.2) is 0 Å². The first-order valence-corrected chi connectivity index (χ1v) is 4.46. The second-order valence-electron chi connectivity index (χ2n) is 3.35. The third-order valence-corrected chi connectivity index (χ3v) is 2.42. The van der Waals surface area contributed by atoms with E-state index in [0.29, 0.717) is 0 Å². The first-order valence-electron chi connectivity index (χ1n) is 4.46. The topological polar surface area (TPSA) is 61.9 Å². The average Bonchev–Trinajstić information content (AvgIpc) is 2.17. The van der Waals surface area contributed by atoms with Crippen molar-refractivity contribution in [1.82, 2.24) is 0 Å². The average molecular weight is 212 g/mol. The fourth-order valence-electron chi connectivity index (χ4n) is 1.67. The van der Waals surface area contributed by atoms with Gasteiger partial charge in [0.25, 0.3) is 0 Å². The molecule has 0 fully saturated rings. The molecule has 0 radical (unpaired) electrons. The zero-order valence-corrected chi connectivity index (χ0v) is 8.60. The second kappa shape index (κ2) is 4.33. The number of hydrogen-bond donors (Lipinski definition) is 3. The molecular formula is C10H14ClN3. The first kappa shape index (κ1) is 10.9. The summed E-state index contributed by atoms with van der Waals surface area (Å²) < 4.78 is 0. The van der Waals surface area contributed by atoms with Crippen LogP contribution in [0, 0.1) is 5.41 Å². The van der Waals surface area contributed by atoms with Crippen LogP contribution in [0.2, 0.25) is 0 Å². The molecule has 1 heterocycles. The highest BCUT2D eigenvalue weighted by Gasteiger charge is 2.18. The first-order chi connectivity index (χ1) is 6.27. The lowest BCUT2D eigenvalue weighted by molar-refractivity contribution is 0.749. The van der Waals surface area contributed by atoms with E-state index >= 15 is 0 Å². The van der Waals surface area contributed by atoms with E-state index in [-0.39, 0.29) is 24.3 Å². The van der Waals surface area contributed by atoms with Crippen LogP contribution in [0.4, 0.5) is 5.69 Å². The summed E-state index contributed by atoms with van der Waals surface area (Å²) in [6.07, 6.45) is 1.93. The number of anilines is 1. The Bertz CT molecular complexity index is 338. The lowest BCUT2D eigenvalue weighted by atomic mass is 9.98. The van der Waals surface area contributed by atoms with Gasteiger partial charge in [0.2, 0.25) is 0 Å². The number of para-hydroxylation sites is 1. The van der Waals surface area contributed by atoms with Crippen LogP contribution in [-0.2, 0) is 6.42 Å². The van der Waals surface area contributed by atoms with E-state index in [2.05, 4.69) is 11.4 Å². The molecule has 1 aromatic rings. The molecule has 1 atom stereocenters. The Kier molecular flexibility index (Phi) is 3.36. The van der Waals surface area contributed by atoms with Crippen LogP contribution >= 0.6 is 12.4 Å². The number of halogens is 1. The van der Waals surface area contributed by atoms with Crippen LogP contribution in [0.5, 0.6) is 0 Å². The standard InChI is InChI=1S/C10H13N3.ClH/c11-10(12)9-6-5-7-3-1-2-4-8(7)13-9;/h1-4,9,13H,5-6H2,(H3,11,12);1H. The van der Waals surface area contributed by atoms with Gasteiger partial charge in [-0.1, -0.05) is 18.2 Å². The van der Waals surface area contributed by atoms with Gasteiger partial charge < -0.3 is 11.1 Å². The summed E-state index contributed by atoms with van der Waals surface area (Å²) in [5.74, 6) is 0.231. The van der Waals surface area contributed by atoms with Crippen LogP contribution in [0.3, 0.4) is 0 Å². The normalized spacial score (nSPS) is 18.7. The Morgan fingerprint density at radius 2 is 2.14 bits per heavy atom. The molecule has 4 N–H and O–H groups in total. The molecular weight excluding hydrogens is 198 g/mol. The lowest BCUT2D eigenvalue weighted by Crippen LogP contribution is -2.37. The molecule has 1 aliphatic rings. The van der Waals surface area contributed by atoms with Gasteiger partial charge in [0.05, 0.1) is 6.04 Å². The van der Waals surface area contributed by atoms with E-state index in [4.69, 9.17) is 11.1 Å². The predicted molar refractivity (Wildman–Crippen MR) is 61.3 cm³/mol. The van der Waals surface area contributed by atoms with E-state index in [1.54, 1.807) is 0 Å². The zero-order valence-electron chi connectivity index (χ0n) is 7.79. The maximum Gasteiger partial charge on any atom is 0.114 e. The molecule has 0 saturated heterocycles. The van der Waals surface area contributed by atoms with Gasteiger partial charge in [0.1, 0.15) is 5.84 Å². The molecule has 76 valence electrons. The number of fused-ring (bicyclic) bond motifs is 1. The maximum absolute atomic E-state index is 7.35. The van der Waals surface area contributed by atoms with Crippen molar-refractivity contribution in [2.24, 2.45) is 5.73 Å². The third-order valence-electron chi connectivity index (χ3n) is 2.42. The SMILES string of the molecule is Cl.N=C(N)C1CCc2ccccc2N1. The van der Waals surface area contributed by atoms with Gasteiger partial charge in [-0.3, -0.25) is 5.41 Å². The van der Waals surface area contributed by atoms with Crippen LogP contribution in [-0.4, -0.2) is 11.9 Å². The van der Waals surface area contributed by atoms with E-state index in [1.807, 2.05) is 18.2 Å². The molecule has 3 nitrogen and oxygen atoms in total. The molecule has 2 rings (SSSR count). The molecule has 0 spiro atoms. The summed E-state index contributed by atoms with van der Waals surface area (Å²) in [6, 6.07) is 8.20. The molecule has 4 heteroatoms. The van der Waals surface area contributed by atoms with Crippen molar-refractivity contribution in [3.63, 3.8) is 0 Å². The quantitative estimate of drug-likeness (QED) is 0.490. The van der Waals surface area contributed by atoms with Gasteiger partial charge in [0, 0.05) is 5.69 Å². The van der Waals surface area contributed by atoms with Crippen LogP contribution in [0.25, 0.3) is 0 Å². The Morgan fingerprint density at radius 3 is 2.86 bits per heavy atom. The van der Waals surface area contributed by atoms with E-state index < -0.39 is 0 Å². The highest BCUT2D eigenvalue weighted by molar-refractivity contribution is 5.86. The number of amidine groups is 1. The van der Waals surface area contributed by atoms with Crippen LogP contribution in [0.15, 0.2) is 24.3 Å². The molecule has 0 bridgehead atoms. The number of hydrogen-bond acceptors (Lipinski definition) is 2. The summed E-state index contributed by atoms with van der Waals surface area (Å²) in [5.41, 5.74) is 7.88. The highest BCUT2D eigenvalue weighted by Crippen LogP contribution is 2.23. The predicted octanol–water partition coefficient (Wildman–Crippen LogP) is 1.77. The summed E-state index contributed by atoms with van der Waals surface area (Å²) >= 11 is 0. The molecule has 0 aromatic heterocycles. The Morgan fingerprint density at radius 1 is 1.43 bits per heavy atom. The number of nitrogens with two attached hydrogens (primary N) is 1. The van der Waals surface area contributed by atoms with E-state index in [1.165, 1.54) is 5.56 Å². The smallest absolute Gasteiger partial charge is 0.114 e. The number of benzene rings is 1. The number of rotatable bonds is 1. The van der Waals surface area contributed by atoms with Crippen molar-refractivity contribution >= 4 is 23.9 Å². The Balaban J connectivity index is 0.000000980. The van der Waals surface area contributed by atoms with Gasteiger partial charge in [-0.05, 0) is 24.5 Å². The minimum absolute atomic E-state index is 0. The molecule has 0 amide bonds. The van der Waals surface area contributed by atoms with Crippen molar-refractivity contribution < 1.29 is 0 Å². The minimum atomic E-state index is 0. The van der Waals surface area contributed by atoms with Crippen molar-refractivity contribution in [2.45, 2.75) is 18.9 Å². The molecule has 1 aliphatic heterocycles. The molecule has 0 aliphatic carbocycles. The lowest BCUT2D eigenvalue weighted by Gasteiger charge is -2.25. The van der Waals surface area contributed by atoms with Gasteiger partial charge in [-0.15, -0.1) is 12.4 Å². The third kappa shape index (κ3) is 1.99. The maximum atomic E-state index is 7.35. The van der Waals surface area contributed by atoms with Crippen molar-refractivity contribution in [3.8, 4) is 0 Å². The summed E-state index contributed by atoms with van der Waals surface area (Å²) in [5, 5.41) is 10.6. The van der Waals surface area contributed by atoms with Crippen LogP contribution in [0.1, 0.15) is 12.0 Å². The number of aryl methyl sites for hydroxylation is 1. The molecule has 0 saturated carbocycles. The van der Waals surface area contributed by atoms with Gasteiger partial charge in [-0.25, -0.2) is 0 Å². The van der Waals surface area contributed by atoms with Crippen molar-refractivity contribution in [2.75, 3.05) is 5.32 Å². The van der Waals surface area contributed by atoms with Gasteiger partial charge >= 0.3 is 0 Å². The largest absolute Gasteiger partial charge is 0.386 e.